The predicted octanol–water partition coefficient (Wildman–Crippen LogP) is 11.6. The first-order valence-corrected chi connectivity index (χ1v) is 16.8. The third kappa shape index (κ3) is 8.52. The van der Waals surface area contributed by atoms with Crippen LogP contribution in [-0.4, -0.2) is 15.0 Å². The van der Waals surface area contributed by atoms with Crippen LogP contribution in [0.25, 0.3) is 55.4 Å². The molecule has 0 amide bonds. The number of pyridine rings is 3. The summed E-state index contributed by atoms with van der Waals surface area (Å²) in [4.78, 5) is 14.1. The largest absolute Gasteiger partial charge is 0.498 e. The number of aromatic nitrogens is 3. The molecular formula is C44H45IrN3O-2. The van der Waals surface area contributed by atoms with Crippen molar-refractivity contribution in [3.63, 3.8) is 0 Å². The summed E-state index contributed by atoms with van der Waals surface area (Å²) in [5.41, 5.74) is 12.9. The smallest absolute Gasteiger partial charge is 0.147 e. The fourth-order valence-electron chi connectivity index (χ4n) is 6.02. The van der Waals surface area contributed by atoms with Crippen LogP contribution < -0.4 is 0 Å². The second kappa shape index (κ2) is 14.4. The Morgan fingerprint density at radius 1 is 0.694 bits per heavy atom. The van der Waals surface area contributed by atoms with Gasteiger partial charge in [0.2, 0.25) is 0 Å². The van der Waals surface area contributed by atoms with Gasteiger partial charge in [0.1, 0.15) is 11.1 Å². The Morgan fingerprint density at radius 2 is 1.43 bits per heavy atom. The molecule has 7 aromatic rings. The number of fused-ring (bicyclic) bond motifs is 5. The molecule has 0 saturated carbocycles. The molecule has 0 aliphatic carbocycles. The van der Waals surface area contributed by atoms with Gasteiger partial charge in [0.15, 0.2) is 0 Å². The number of furan rings is 1. The minimum absolute atomic E-state index is 0. The van der Waals surface area contributed by atoms with Gasteiger partial charge >= 0.3 is 0 Å². The van der Waals surface area contributed by atoms with Crippen molar-refractivity contribution in [1.82, 2.24) is 15.0 Å². The first kappa shape index (κ1) is 36.1. The van der Waals surface area contributed by atoms with Crippen molar-refractivity contribution in [2.45, 2.75) is 75.2 Å². The molecule has 0 bridgehead atoms. The second-order valence-electron chi connectivity index (χ2n) is 15.5. The molecule has 7 rings (SSSR count). The summed E-state index contributed by atoms with van der Waals surface area (Å²) in [5.74, 6) is 0. The summed E-state index contributed by atoms with van der Waals surface area (Å²) in [6, 6.07) is 31.8. The molecule has 3 aromatic carbocycles. The van der Waals surface area contributed by atoms with Gasteiger partial charge in [-0.15, -0.1) is 53.6 Å². The van der Waals surface area contributed by atoms with Gasteiger partial charge in [0, 0.05) is 49.0 Å². The van der Waals surface area contributed by atoms with Crippen molar-refractivity contribution in [3.8, 4) is 22.5 Å². The maximum atomic E-state index is 6.54. The Morgan fingerprint density at radius 3 is 2.12 bits per heavy atom. The normalized spacial score (nSPS) is 11.8. The van der Waals surface area contributed by atoms with Crippen LogP contribution in [-0.2, 0) is 32.9 Å². The molecule has 49 heavy (non-hydrogen) atoms. The number of rotatable bonds is 4. The van der Waals surface area contributed by atoms with Crippen molar-refractivity contribution in [2.24, 2.45) is 10.8 Å². The van der Waals surface area contributed by atoms with Gasteiger partial charge in [-0.2, -0.15) is 0 Å². The Balaban J connectivity index is 0.000000246. The van der Waals surface area contributed by atoms with Gasteiger partial charge in [-0.1, -0.05) is 101 Å². The molecule has 0 unspecified atom stereocenters. The van der Waals surface area contributed by atoms with Gasteiger partial charge in [-0.3, -0.25) is 0 Å². The molecule has 0 spiro atoms. The van der Waals surface area contributed by atoms with E-state index in [0.717, 1.165) is 73.9 Å². The zero-order valence-corrected chi connectivity index (χ0v) is 32.5. The molecule has 0 aliphatic heterocycles. The van der Waals surface area contributed by atoms with Gasteiger partial charge in [-0.05, 0) is 66.6 Å². The van der Waals surface area contributed by atoms with Gasteiger partial charge in [-0.25, -0.2) is 4.98 Å². The van der Waals surface area contributed by atoms with E-state index in [-0.39, 0.29) is 30.9 Å². The van der Waals surface area contributed by atoms with E-state index in [1.54, 1.807) is 0 Å². The summed E-state index contributed by atoms with van der Waals surface area (Å²) in [6.07, 6.45) is 5.71. The fourth-order valence-corrected chi connectivity index (χ4v) is 6.02. The Labute approximate surface area is 304 Å². The van der Waals surface area contributed by atoms with E-state index in [4.69, 9.17) is 9.40 Å². The van der Waals surface area contributed by atoms with E-state index in [1.807, 2.05) is 24.5 Å². The molecule has 253 valence electrons. The second-order valence-corrected chi connectivity index (χ2v) is 15.5. The number of hydrogen-bond acceptors (Lipinski definition) is 4. The van der Waals surface area contributed by atoms with E-state index in [9.17, 15) is 0 Å². The number of nitrogens with zero attached hydrogens (tertiary/aromatic N) is 3. The molecular weight excluding hydrogens is 779 g/mol. The van der Waals surface area contributed by atoms with Crippen LogP contribution in [0.3, 0.4) is 0 Å². The van der Waals surface area contributed by atoms with Crippen molar-refractivity contribution in [2.75, 3.05) is 0 Å². The summed E-state index contributed by atoms with van der Waals surface area (Å²) in [5, 5.41) is 3.25. The van der Waals surface area contributed by atoms with E-state index in [0.29, 0.717) is 0 Å². The van der Waals surface area contributed by atoms with E-state index < -0.39 is 0 Å². The monoisotopic (exact) mass is 824 g/mol. The Bertz CT molecular complexity index is 2240. The Hall–Kier alpha value is -4.18. The van der Waals surface area contributed by atoms with Gasteiger partial charge in [0.05, 0.1) is 5.58 Å². The van der Waals surface area contributed by atoms with Crippen LogP contribution in [0.5, 0.6) is 0 Å². The van der Waals surface area contributed by atoms with Crippen LogP contribution in [0.1, 0.15) is 69.5 Å². The number of aryl methyl sites for hydroxylation is 3. The van der Waals surface area contributed by atoms with Crippen LogP contribution in [0, 0.1) is 43.7 Å². The van der Waals surface area contributed by atoms with E-state index in [2.05, 4.69) is 145 Å². The first-order valence-electron chi connectivity index (χ1n) is 16.8. The molecule has 0 fully saturated rings. The molecule has 5 heteroatoms. The molecule has 0 aliphatic rings. The van der Waals surface area contributed by atoms with Crippen molar-refractivity contribution in [3.05, 3.63) is 125 Å². The quantitative estimate of drug-likeness (QED) is 0.166. The summed E-state index contributed by atoms with van der Waals surface area (Å²) >= 11 is 0. The minimum Gasteiger partial charge on any atom is -0.498 e. The minimum atomic E-state index is 0. The Kier molecular flexibility index (Phi) is 10.6. The molecule has 0 atom stereocenters. The third-order valence-corrected chi connectivity index (χ3v) is 8.46. The third-order valence-electron chi connectivity index (χ3n) is 8.46. The van der Waals surface area contributed by atoms with Crippen LogP contribution in [0.15, 0.2) is 89.6 Å². The summed E-state index contributed by atoms with van der Waals surface area (Å²) in [7, 11) is 0. The maximum Gasteiger partial charge on any atom is 0.147 e. The topological polar surface area (TPSA) is 51.8 Å². The molecule has 0 N–H and O–H groups in total. The molecule has 4 aromatic heterocycles. The van der Waals surface area contributed by atoms with Crippen LogP contribution in [0.4, 0.5) is 0 Å². The zero-order chi connectivity index (χ0) is 34.2. The molecule has 4 nitrogen and oxygen atoms in total. The van der Waals surface area contributed by atoms with Crippen LogP contribution >= 0.6 is 0 Å². The average molecular weight is 824 g/mol. The molecule has 4 heterocycles. The van der Waals surface area contributed by atoms with Gasteiger partial charge < -0.3 is 14.4 Å². The van der Waals surface area contributed by atoms with Gasteiger partial charge in [0.25, 0.3) is 0 Å². The molecule has 0 saturated heterocycles. The SMILES string of the molecule is CC(C)(C)Cc1ccnc(-c2[c-]ccc3c2oc2c3ccc3ccc(CC(C)(C)C)nc32)c1.Cc1c[c-]c(-c2cc(C)c(C)cn2)cc1.[Ir]. The summed E-state index contributed by atoms with van der Waals surface area (Å²) in [6.45, 7) is 19.7. The number of hydrogen-bond donors (Lipinski definition) is 0. The average Bonchev–Trinajstić information content (AvgIpc) is 3.41. The van der Waals surface area contributed by atoms with Crippen LogP contribution in [0.2, 0.25) is 0 Å². The number of benzene rings is 3. The van der Waals surface area contributed by atoms with Crippen molar-refractivity contribution >= 4 is 32.8 Å². The fraction of sp³-hybridized carbons (Fsp3) is 0.295. The van der Waals surface area contributed by atoms with E-state index >= 15 is 0 Å². The van der Waals surface area contributed by atoms with Crippen molar-refractivity contribution < 1.29 is 24.5 Å². The first-order chi connectivity index (χ1) is 22.7. The maximum absolute atomic E-state index is 6.54. The molecule has 1 radical (unpaired) electrons. The summed E-state index contributed by atoms with van der Waals surface area (Å²) < 4.78 is 6.54. The zero-order valence-electron chi connectivity index (χ0n) is 30.1. The van der Waals surface area contributed by atoms with E-state index in [1.165, 1.54) is 22.3 Å². The standard InChI is InChI=1S/C30H31N2O.C14H14N.Ir/c1-29(2,3)17-19-14-15-31-25(16-19)24-9-7-8-22-23-13-11-20-10-12-21(18-30(4,5)6)32-26(20)28(23)33-27(22)24;1-10-4-6-13(7-5-10)14-8-11(2)12(3)9-15-14;/h7-8,10-16H,17-18H2,1-6H3;4-6,8-9H,1-3H3;/q2*-1;. The predicted molar refractivity (Wildman–Crippen MR) is 200 cm³/mol. The van der Waals surface area contributed by atoms with Crippen molar-refractivity contribution in [1.29, 1.82) is 0 Å².